The zero-order chi connectivity index (χ0) is 15.5. The lowest BCUT2D eigenvalue weighted by molar-refractivity contribution is -0.112. The molecule has 1 heterocycles. The van der Waals surface area contributed by atoms with E-state index in [-0.39, 0.29) is 5.56 Å². The van der Waals surface area contributed by atoms with E-state index in [2.05, 4.69) is 5.32 Å². The molecule has 1 aliphatic rings. The summed E-state index contributed by atoms with van der Waals surface area (Å²) < 4.78 is 51.8. The average molecular weight is 303 g/mol. The van der Waals surface area contributed by atoms with Crippen LogP contribution in [-0.4, -0.2) is 32.5 Å². The van der Waals surface area contributed by atoms with Crippen LogP contribution in [0.1, 0.15) is 31.4 Å². The van der Waals surface area contributed by atoms with Gasteiger partial charge < -0.3 is 14.8 Å². The third-order valence-electron chi connectivity index (χ3n) is 4.06. The van der Waals surface area contributed by atoms with Crippen molar-refractivity contribution >= 4 is 0 Å². The maximum atomic E-state index is 14.2. The average Bonchev–Trinajstić information content (AvgIpc) is 2.52. The van der Waals surface area contributed by atoms with Gasteiger partial charge in [0.1, 0.15) is 0 Å². The van der Waals surface area contributed by atoms with Gasteiger partial charge in [0.15, 0.2) is 17.5 Å². The first-order chi connectivity index (χ1) is 10.1. The molecule has 1 aliphatic heterocycles. The van der Waals surface area contributed by atoms with E-state index in [0.29, 0.717) is 32.6 Å². The lowest BCUT2D eigenvalue weighted by atomic mass is 9.81. The fraction of sp³-hybridized carbons (Fsp3) is 0.600. The number of benzene rings is 1. The molecule has 0 aromatic heterocycles. The summed E-state index contributed by atoms with van der Waals surface area (Å²) in [4.78, 5) is 0. The summed E-state index contributed by atoms with van der Waals surface area (Å²) in [6.45, 7) is 3.39. The summed E-state index contributed by atoms with van der Waals surface area (Å²) >= 11 is 0. The molecule has 1 atom stereocenters. The molecule has 1 aromatic rings. The molecule has 2 rings (SSSR count). The highest BCUT2D eigenvalue weighted by atomic mass is 19.2. The summed E-state index contributed by atoms with van der Waals surface area (Å²) in [6.07, 6.45) is 1.11. The van der Waals surface area contributed by atoms with E-state index in [1.165, 1.54) is 6.07 Å². The van der Waals surface area contributed by atoms with Gasteiger partial charge in [-0.1, -0.05) is 13.0 Å². The van der Waals surface area contributed by atoms with Crippen LogP contribution >= 0.6 is 0 Å². The second-order valence-electron chi connectivity index (χ2n) is 5.14. The standard InChI is InChI=1S/C15H20F3NO2/c1-3-19-14(15(20-2)6-8-21-9-7-15)10-4-5-11(16)13(18)12(10)17/h4-5,14,19H,3,6-9H2,1-2H3. The number of hydrogen-bond donors (Lipinski definition) is 1. The Morgan fingerprint density at radius 3 is 2.48 bits per heavy atom. The molecule has 0 spiro atoms. The first kappa shape index (κ1) is 16.3. The van der Waals surface area contributed by atoms with Crippen LogP contribution in [0.5, 0.6) is 0 Å². The van der Waals surface area contributed by atoms with Crippen LogP contribution in [0.15, 0.2) is 12.1 Å². The number of nitrogens with one attached hydrogen (secondary N) is 1. The molecule has 0 amide bonds. The molecule has 21 heavy (non-hydrogen) atoms. The van der Waals surface area contributed by atoms with Crippen LogP contribution < -0.4 is 5.32 Å². The topological polar surface area (TPSA) is 30.5 Å². The van der Waals surface area contributed by atoms with Gasteiger partial charge in [0.2, 0.25) is 0 Å². The lowest BCUT2D eigenvalue weighted by Crippen LogP contribution is -2.49. The molecule has 3 nitrogen and oxygen atoms in total. The van der Waals surface area contributed by atoms with Gasteiger partial charge >= 0.3 is 0 Å². The highest BCUT2D eigenvalue weighted by Crippen LogP contribution is 2.38. The number of rotatable bonds is 5. The van der Waals surface area contributed by atoms with E-state index in [4.69, 9.17) is 9.47 Å². The fourth-order valence-electron chi connectivity index (χ4n) is 2.87. The van der Waals surface area contributed by atoms with E-state index in [0.717, 1.165) is 6.07 Å². The minimum absolute atomic E-state index is 0.0829. The second-order valence-corrected chi connectivity index (χ2v) is 5.14. The Labute approximate surface area is 122 Å². The largest absolute Gasteiger partial charge is 0.381 e. The predicted molar refractivity (Wildman–Crippen MR) is 72.5 cm³/mol. The number of methoxy groups -OCH3 is 1. The van der Waals surface area contributed by atoms with Crippen LogP contribution in [-0.2, 0) is 9.47 Å². The molecule has 0 radical (unpaired) electrons. The minimum Gasteiger partial charge on any atom is -0.381 e. The van der Waals surface area contributed by atoms with Gasteiger partial charge in [-0.15, -0.1) is 0 Å². The van der Waals surface area contributed by atoms with Crippen molar-refractivity contribution in [1.82, 2.24) is 5.32 Å². The Balaban J connectivity index is 2.45. The number of halogens is 3. The van der Waals surface area contributed by atoms with Gasteiger partial charge in [-0.2, -0.15) is 0 Å². The third-order valence-corrected chi connectivity index (χ3v) is 4.06. The van der Waals surface area contributed by atoms with Crippen molar-refractivity contribution in [2.75, 3.05) is 26.9 Å². The maximum absolute atomic E-state index is 14.2. The minimum atomic E-state index is -1.45. The summed E-state index contributed by atoms with van der Waals surface area (Å²) in [6, 6.07) is 1.66. The Morgan fingerprint density at radius 2 is 1.90 bits per heavy atom. The van der Waals surface area contributed by atoms with Crippen molar-refractivity contribution in [2.45, 2.75) is 31.4 Å². The van der Waals surface area contributed by atoms with Crippen molar-refractivity contribution in [3.05, 3.63) is 35.1 Å². The number of hydrogen-bond acceptors (Lipinski definition) is 3. The highest BCUT2D eigenvalue weighted by Gasteiger charge is 2.42. The van der Waals surface area contributed by atoms with E-state index in [1.54, 1.807) is 7.11 Å². The summed E-state index contributed by atoms with van der Waals surface area (Å²) in [5, 5.41) is 3.14. The maximum Gasteiger partial charge on any atom is 0.194 e. The molecular formula is C15H20F3NO2. The van der Waals surface area contributed by atoms with Crippen LogP contribution in [0.4, 0.5) is 13.2 Å². The zero-order valence-electron chi connectivity index (χ0n) is 12.2. The monoisotopic (exact) mass is 303 g/mol. The van der Waals surface area contributed by atoms with Crippen molar-refractivity contribution in [3.8, 4) is 0 Å². The van der Waals surface area contributed by atoms with Crippen LogP contribution in [0.25, 0.3) is 0 Å². The van der Waals surface area contributed by atoms with Crippen molar-refractivity contribution in [2.24, 2.45) is 0 Å². The Kier molecular flexibility index (Phi) is 5.24. The molecule has 0 aliphatic carbocycles. The molecule has 0 bridgehead atoms. The summed E-state index contributed by atoms with van der Waals surface area (Å²) in [7, 11) is 1.55. The Bertz CT molecular complexity index is 490. The number of ether oxygens (including phenoxy) is 2. The third kappa shape index (κ3) is 3.07. The van der Waals surface area contributed by atoms with Crippen LogP contribution in [0, 0.1) is 17.5 Å². The molecule has 0 saturated carbocycles. The van der Waals surface area contributed by atoms with Crippen molar-refractivity contribution < 1.29 is 22.6 Å². The first-order valence-corrected chi connectivity index (χ1v) is 7.05. The van der Waals surface area contributed by atoms with E-state index in [1.807, 2.05) is 6.92 Å². The molecule has 1 N–H and O–H groups in total. The van der Waals surface area contributed by atoms with Gasteiger partial charge in [-0.3, -0.25) is 0 Å². The Hall–Kier alpha value is -1.11. The molecule has 6 heteroatoms. The summed E-state index contributed by atoms with van der Waals surface area (Å²) in [5.41, 5.74) is -0.612. The van der Waals surface area contributed by atoms with Gasteiger partial charge in [-0.05, 0) is 12.6 Å². The fourth-order valence-corrected chi connectivity index (χ4v) is 2.87. The quantitative estimate of drug-likeness (QED) is 0.848. The van der Waals surface area contributed by atoms with E-state index < -0.39 is 29.1 Å². The number of likely N-dealkylation sites (N-methyl/N-ethyl adjacent to an activating group) is 1. The molecule has 118 valence electrons. The van der Waals surface area contributed by atoms with E-state index in [9.17, 15) is 13.2 Å². The summed E-state index contributed by atoms with van der Waals surface area (Å²) in [5.74, 6) is -3.80. The smallest absolute Gasteiger partial charge is 0.194 e. The van der Waals surface area contributed by atoms with Crippen molar-refractivity contribution in [3.63, 3.8) is 0 Å². The highest BCUT2D eigenvalue weighted by molar-refractivity contribution is 5.27. The van der Waals surface area contributed by atoms with Gasteiger partial charge in [0, 0.05) is 38.7 Å². The SMILES string of the molecule is CCNC(c1ccc(F)c(F)c1F)C1(OC)CCOCC1. The molecule has 1 saturated heterocycles. The zero-order valence-corrected chi connectivity index (χ0v) is 12.2. The molecular weight excluding hydrogens is 283 g/mol. The van der Waals surface area contributed by atoms with Gasteiger partial charge in [0.25, 0.3) is 0 Å². The first-order valence-electron chi connectivity index (χ1n) is 7.05. The van der Waals surface area contributed by atoms with Crippen molar-refractivity contribution in [1.29, 1.82) is 0 Å². The van der Waals surface area contributed by atoms with Crippen LogP contribution in [0.3, 0.4) is 0 Å². The van der Waals surface area contributed by atoms with Gasteiger partial charge in [-0.25, -0.2) is 13.2 Å². The molecule has 1 unspecified atom stereocenters. The lowest BCUT2D eigenvalue weighted by Gasteiger charge is -2.43. The normalized spacial score (nSPS) is 19.5. The van der Waals surface area contributed by atoms with E-state index >= 15 is 0 Å². The predicted octanol–water partition coefficient (Wildman–Crippen LogP) is 2.95. The van der Waals surface area contributed by atoms with Gasteiger partial charge in [0.05, 0.1) is 11.6 Å². The Morgan fingerprint density at radius 1 is 1.24 bits per heavy atom. The molecule has 1 fully saturated rings. The molecule has 1 aromatic carbocycles. The second kappa shape index (κ2) is 6.77. The van der Waals surface area contributed by atoms with Crippen LogP contribution in [0.2, 0.25) is 0 Å².